The summed E-state index contributed by atoms with van der Waals surface area (Å²) in [6, 6.07) is 7.18. The van der Waals surface area contributed by atoms with Crippen molar-refractivity contribution in [2.24, 2.45) is 11.7 Å². The molecule has 100 valence electrons. The summed E-state index contributed by atoms with van der Waals surface area (Å²) in [6.45, 7) is 9.06. The van der Waals surface area contributed by atoms with E-state index in [9.17, 15) is 0 Å². The fourth-order valence-electron chi connectivity index (χ4n) is 2.81. The van der Waals surface area contributed by atoms with Gasteiger partial charge in [-0.1, -0.05) is 52.3 Å². The van der Waals surface area contributed by atoms with Crippen LogP contribution in [0.25, 0.3) is 0 Å². The Kier molecular flexibility index (Phi) is 4.11. The molecule has 1 aromatic rings. The molecule has 18 heavy (non-hydrogen) atoms. The molecule has 2 N–H and O–H groups in total. The molecule has 1 atom stereocenters. The molecule has 0 radical (unpaired) electrons. The molecule has 1 aliphatic rings. The number of benzene rings is 1. The summed E-state index contributed by atoms with van der Waals surface area (Å²) in [7, 11) is 0. The van der Waals surface area contributed by atoms with Gasteiger partial charge in [0.25, 0.3) is 0 Å². The Balaban J connectivity index is 2.33. The van der Waals surface area contributed by atoms with Crippen LogP contribution in [0.4, 0.5) is 0 Å². The van der Waals surface area contributed by atoms with Crippen LogP contribution in [0.3, 0.4) is 0 Å². The summed E-state index contributed by atoms with van der Waals surface area (Å²) in [5.74, 6) is 1.87. The van der Waals surface area contributed by atoms with Crippen LogP contribution >= 0.6 is 0 Å². The van der Waals surface area contributed by atoms with E-state index in [1.807, 2.05) is 0 Å². The SMILES string of the molecule is CC(C)c1ccc(C(N)C2CCC2)c(C(C)C)c1. The van der Waals surface area contributed by atoms with Crippen LogP contribution in [0.1, 0.15) is 81.5 Å². The molecule has 0 amide bonds. The maximum Gasteiger partial charge on any atom is 0.0326 e. The summed E-state index contributed by atoms with van der Waals surface area (Å²) in [5.41, 5.74) is 10.7. The Hall–Kier alpha value is -0.820. The van der Waals surface area contributed by atoms with Crippen molar-refractivity contribution in [2.45, 2.75) is 64.8 Å². The van der Waals surface area contributed by atoms with Crippen molar-refractivity contribution < 1.29 is 0 Å². The minimum absolute atomic E-state index is 0.248. The molecule has 0 heterocycles. The maximum atomic E-state index is 6.47. The number of hydrogen-bond acceptors (Lipinski definition) is 1. The monoisotopic (exact) mass is 245 g/mol. The predicted octanol–water partition coefficient (Wildman–Crippen LogP) is 4.73. The van der Waals surface area contributed by atoms with Crippen molar-refractivity contribution in [1.82, 2.24) is 0 Å². The third-order valence-electron chi connectivity index (χ3n) is 4.42. The third-order valence-corrected chi connectivity index (χ3v) is 4.42. The fourth-order valence-corrected chi connectivity index (χ4v) is 2.81. The molecular weight excluding hydrogens is 218 g/mol. The molecule has 0 aromatic heterocycles. The van der Waals surface area contributed by atoms with E-state index in [1.54, 1.807) is 0 Å². The first-order valence-corrected chi connectivity index (χ1v) is 7.40. The first-order valence-electron chi connectivity index (χ1n) is 7.40. The fraction of sp³-hybridized carbons (Fsp3) is 0.647. The highest BCUT2D eigenvalue weighted by molar-refractivity contribution is 5.38. The summed E-state index contributed by atoms with van der Waals surface area (Å²) in [6.07, 6.45) is 3.98. The van der Waals surface area contributed by atoms with Crippen LogP contribution in [-0.2, 0) is 0 Å². The zero-order chi connectivity index (χ0) is 13.3. The van der Waals surface area contributed by atoms with Crippen LogP contribution in [0, 0.1) is 5.92 Å². The van der Waals surface area contributed by atoms with Gasteiger partial charge in [-0.05, 0) is 47.3 Å². The standard InChI is InChI=1S/C17H27N/c1-11(2)14-8-9-15(16(10-14)12(3)4)17(18)13-6-5-7-13/h8-13,17H,5-7,18H2,1-4H3. The molecule has 1 aromatic carbocycles. The Bertz CT molecular complexity index is 402. The van der Waals surface area contributed by atoms with Gasteiger partial charge in [0.05, 0.1) is 0 Å². The van der Waals surface area contributed by atoms with E-state index in [2.05, 4.69) is 45.9 Å². The van der Waals surface area contributed by atoms with E-state index in [4.69, 9.17) is 5.73 Å². The van der Waals surface area contributed by atoms with Gasteiger partial charge in [-0.15, -0.1) is 0 Å². The van der Waals surface area contributed by atoms with Crippen molar-refractivity contribution in [2.75, 3.05) is 0 Å². The quantitative estimate of drug-likeness (QED) is 0.815. The van der Waals surface area contributed by atoms with Gasteiger partial charge in [0.1, 0.15) is 0 Å². The van der Waals surface area contributed by atoms with Crippen LogP contribution in [0.15, 0.2) is 18.2 Å². The van der Waals surface area contributed by atoms with Crippen molar-refractivity contribution in [3.05, 3.63) is 34.9 Å². The first kappa shape index (κ1) is 13.6. The van der Waals surface area contributed by atoms with Crippen LogP contribution in [0.2, 0.25) is 0 Å². The third kappa shape index (κ3) is 2.61. The molecule has 0 bridgehead atoms. The predicted molar refractivity (Wildman–Crippen MR) is 78.9 cm³/mol. The van der Waals surface area contributed by atoms with Crippen molar-refractivity contribution in [1.29, 1.82) is 0 Å². The van der Waals surface area contributed by atoms with Gasteiger partial charge in [-0.25, -0.2) is 0 Å². The lowest BCUT2D eigenvalue weighted by atomic mass is 9.75. The lowest BCUT2D eigenvalue weighted by Crippen LogP contribution is -2.28. The van der Waals surface area contributed by atoms with E-state index in [-0.39, 0.29) is 6.04 Å². The van der Waals surface area contributed by atoms with Gasteiger partial charge in [-0.3, -0.25) is 0 Å². The molecule has 1 nitrogen and oxygen atoms in total. The topological polar surface area (TPSA) is 26.0 Å². The van der Waals surface area contributed by atoms with Crippen LogP contribution in [-0.4, -0.2) is 0 Å². The summed E-state index contributed by atoms with van der Waals surface area (Å²) >= 11 is 0. The smallest absolute Gasteiger partial charge is 0.0326 e. The van der Waals surface area contributed by atoms with E-state index in [0.29, 0.717) is 17.8 Å². The molecule has 0 aliphatic heterocycles. The molecule has 1 fully saturated rings. The minimum atomic E-state index is 0.248. The Morgan fingerprint density at radius 1 is 1.00 bits per heavy atom. The van der Waals surface area contributed by atoms with Gasteiger partial charge >= 0.3 is 0 Å². The lowest BCUT2D eigenvalue weighted by molar-refractivity contribution is 0.263. The first-order chi connectivity index (χ1) is 8.50. The second-order valence-electron chi connectivity index (χ2n) is 6.41. The van der Waals surface area contributed by atoms with Gasteiger partial charge in [-0.2, -0.15) is 0 Å². The molecule has 0 spiro atoms. The lowest BCUT2D eigenvalue weighted by Gasteiger charge is -2.33. The minimum Gasteiger partial charge on any atom is -0.324 e. The average molecular weight is 245 g/mol. The summed E-state index contributed by atoms with van der Waals surface area (Å²) in [5, 5.41) is 0. The van der Waals surface area contributed by atoms with Gasteiger partial charge in [0.15, 0.2) is 0 Å². The molecule has 1 aliphatic carbocycles. The molecule has 0 saturated heterocycles. The summed E-state index contributed by atoms with van der Waals surface area (Å²) < 4.78 is 0. The normalized spacial score (nSPS) is 18.2. The molecular formula is C17H27N. The second kappa shape index (κ2) is 5.44. The van der Waals surface area contributed by atoms with Gasteiger partial charge in [0, 0.05) is 6.04 Å². The summed E-state index contributed by atoms with van der Waals surface area (Å²) in [4.78, 5) is 0. The largest absolute Gasteiger partial charge is 0.324 e. The Labute approximate surface area is 112 Å². The molecule has 2 rings (SSSR count). The zero-order valence-corrected chi connectivity index (χ0v) is 12.2. The highest BCUT2D eigenvalue weighted by atomic mass is 14.7. The highest BCUT2D eigenvalue weighted by Crippen LogP contribution is 2.39. The van der Waals surface area contributed by atoms with E-state index >= 15 is 0 Å². The van der Waals surface area contributed by atoms with Crippen LogP contribution in [0.5, 0.6) is 0 Å². The van der Waals surface area contributed by atoms with Gasteiger partial charge < -0.3 is 5.73 Å². The van der Waals surface area contributed by atoms with Crippen molar-refractivity contribution in [3.8, 4) is 0 Å². The van der Waals surface area contributed by atoms with Crippen molar-refractivity contribution >= 4 is 0 Å². The average Bonchev–Trinajstić information content (AvgIpc) is 2.25. The maximum absolute atomic E-state index is 6.47. The second-order valence-corrected chi connectivity index (χ2v) is 6.41. The zero-order valence-electron chi connectivity index (χ0n) is 12.2. The number of rotatable bonds is 4. The molecule has 1 saturated carbocycles. The highest BCUT2D eigenvalue weighted by Gasteiger charge is 2.27. The molecule has 1 unspecified atom stereocenters. The Morgan fingerprint density at radius 3 is 2.11 bits per heavy atom. The van der Waals surface area contributed by atoms with E-state index < -0.39 is 0 Å². The number of nitrogens with two attached hydrogens (primary N) is 1. The van der Waals surface area contributed by atoms with Crippen LogP contribution < -0.4 is 5.73 Å². The van der Waals surface area contributed by atoms with E-state index in [1.165, 1.54) is 36.0 Å². The Morgan fingerprint density at radius 2 is 1.67 bits per heavy atom. The van der Waals surface area contributed by atoms with Gasteiger partial charge in [0.2, 0.25) is 0 Å². The number of hydrogen-bond donors (Lipinski definition) is 1. The molecule has 1 heteroatoms. The van der Waals surface area contributed by atoms with Crippen molar-refractivity contribution in [3.63, 3.8) is 0 Å². The van der Waals surface area contributed by atoms with E-state index in [0.717, 1.165) is 0 Å².